The largest absolute Gasteiger partial charge is 0.493 e. The lowest BCUT2D eigenvalue weighted by atomic mass is 10.0. The van der Waals surface area contributed by atoms with Crippen LogP contribution in [0.15, 0.2) is 36.4 Å². The second-order valence-corrected chi connectivity index (χ2v) is 10.4. The average Bonchev–Trinajstić information content (AvgIpc) is 3.08. The minimum atomic E-state index is -1.30. The molecule has 9 heteroatoms. The molecule has 9 nitrogen and oxygen atoms in total. The van der Waals surface area contributed by atoms with E-state index < -0.39 is 18.2 Å². The first kappa shape index (κ1) is 28.3. The van der Waals surface area contributed by atoms with Crippen LogP contribution in [0, 0.1) is 13.8 Å². The smallest absolute Gasteiger partial charge is 0.410 e. The summed E-state index contributed by atoms with van der Waals surface area (Å²) in [6.07, 6.45) is 2.13. The number of carbonyl (C=O) groups is 3. The van der Waals surface area contributed by atoms with Gasteiger partial charge >= 0.3 is 18.1 Å². The van der Waals surface area contributed by atoms with Crippen LogP contribution in [0.3, 0.4) is 0 Å². The van der Waals surface area contributed by atoms with Gasteiger partial charge in [0.05, 0.1) is 6.61 Å². The fourth-order valence-electron chi connectivity index (χ4n) is 5.39. The Morgan fingerprint density at radius 2 is 1.79 bits per heavy atom. The average molecular weight is 538 g/mol. The van der Waals surface area contributed by atoms with Gasteiger partial charge in [-0.2, -0.15) is 0 Å². The van der Waals surface area contributed by atoms with Gasteiger partial charge in [-0.05, 0) is 67.9 Å². The van der Waals surface area contributed by atoms with Gasteiger partial charge in [-0.3, -0.25) is 0 Å². The molecule has 2 aliphatic rings. The Hall–Kier alpha value is -3.75. The van der Waals surface area contributed by atoms with E-state index in [4.69, 9.17) is 9.47 Å². The first-order chi connectivity index (χ1) is 18.8. The maximum atomic E-state index is 12.9. The normalized spacial score (nSPS) is 16.6. The van der Waals surface area contributed by atoms with E-state index >= 15 is 0 Å². The van der Waals surface area contributed by atoms with E-state index in [1.807, 2.05) is 55.1 Å². The van der Waals surface area contributed by atoms with Crippen LogP contribution in [0.5, 0.6) is 5.75 Å². The number of fused-ring (bicyclic) bond motifs is 1. The molecule has 0 aliphatic carbocycles. The molecule has 4 rings (SSSR count). The van der Waals surface area contributed by atoms with Crippen LogP contribution in [0.1, 0.15) is 54.9 Å². The van der Waals surface area contributed by atoms with Crippen LogP contribution in [-0.2, 0) is 22.4 Å². The van der Waals surface area contributed by atoms with E-state index in [1.54, 1.807) is 0 Å². The van der Waals surface area contributed by atoms with Crippen LogP contribution >= 0.6 is 0 Å². The number of rotatable bonds is 9. The Balaban J connectivity index is 1.32. The summed E-state index contributed by atoms with van der Waals surface area (Å²) in [5.74, 6) is -0.362. The molecule has 1 saturated heterocycles. The molecule has 1 fully saturated rings. The molecule has 39 heavy (non-hydrogen) atoms. The number of aliphatic carboxylic acids is 1. The van der Waals surface area contributed by atoms with Gasteiger partial charge in [0.15, 0.2) is 0 Å². The summed E-state index contributed by atoms with van der Waals surface area (Å²) in [6.45, 7) is 8.03. The molecule has 2 aromatic carbocycles. The topological polar surface area (TPSA) is 108 Å². The molecule has 2 heterocycles. The second kappa shape index (κ2) is 12.9. The van der Waals surface area contributed by atoms with E-state index in [2.05, 4.69) is 12.2 Å². The molecule has 2 aliphatic heterocycles. The van der Waals surface area contributed by atoms with Gasteiger partial charge in [0.1, 0.15) is 5.75 Å². The van der Waals surface area contributed by atoms with Crippen molar-refractivity contribution in [2.24, 2.45) is 0 Å². The van der Waals surface area contributed by atoms with Gasteiger partial charge in [-0.25, -0.2) is 14.4 Å². The zero-order chi connectivity index (χ0) is 27.9. The summed E-state index contributed by atoms with van der Waals surface area (Å²) in [6, 6.07) is 11.5. The Morgan fingerprint density at radius 1 is 1.10 bits per heavy atom. The van der Waals surface area contributed by atoms with Crippen molar-refractivity contribution in [1.29, 1.82) is 0 Å². The molecule has 0 spiro atoms. The third kappa shape index (κ3) is 7.02. The van der Waals surface area contributed by atoms with Crippen molar-refractivity contribution in [3.05, 3.63) is 58.7 Å². The van der Waals surface area contributed by atoms with Crippen LogP contribution in [0.4, 0.5) is 15.3 Å². The molecule has 2 N–H and O–H groups in total. The highest BCUT2D eigenvalue weighted by Gasteiger charge is 2.33. The number of urea groups is 1. The van der Waals surface area contributed by atoms with Gasteiger partial charge in [0, 0.05) is 37.8 Å². The van der Waals surface area contributed by atoms with Crippen LogP contribution in [0.2, 0.25) is 0 Å². The summed E-state index contributed by atoms with van der Waals surface area (Å²) in [4.78, 5) is 41.1. The zero-order valence-corrected chi connectivity index (χ0v) is 23.1. The quantitative estimate of drug-likeness (QED) is 0.427. The molecule has 0 unspecified atom stereocenters. The number of hydrogen-bond donors (Lipinski definition) is 2. The molecule has 0 saturated carbocycles. The summed E-state index contributed by atoms with van der Waals surface area (Å²) in [5, 5.41) is 12.8. The summed E-state index contributed by atoms with van der Waals surface area (Å²) < 4.78 is 11.4. The fraction of sp³-hybridized carbons (Fsp3) is 0.500. The number of piperidine rings is 1. The van der Waals surface area contributed by atoms with Crippen molar-refractivity contribution in [2.45, 2.75) is 71.4 Å². The zero-order valence-electron chi connectivity index (χ0n) is 23.1. The number of carboxylic acid groups (broad SMARTS) is 1. The van der Waals surface area contributed by atoms with Gasteiger partial charge in [-0.1, -0.05) is 43.7 Å². The van der Waals surface area contributed by atoms with Gasteiger partial charge < -0.3 is 29.7 Å². The van der Waals surface area contributed by atoms with Crippen LogP contribution in [0.25, 0.3) is 0 Å². The maximum absolute atomic E-state index is 12.9. The van der Waals surface area contributed by atoms with Crippen molar-refractivity contribution in [3.8, 4) is 5.75 Å². The van der Waals surface area contributed by atoms with E-state index in [0.29, 0.717) is 39.1 Å². The Bertz CT molecular complexity index is 1170. The van der Waals surface area contributed by atoms with Crippen molar-refractivity contribution < 1.29 is 29.0 Å². The first-order valence-corrected chi connectivity index (χ1v) is 13.8. The number of hydrogen-bond acceptors (Lipinski definition) is 5. The van der Waals surface area contributed by atoms with Crippen molar-refractivity contribution in [1.82, 2.24) is 9.80 Å². The summed E-state index contributed by atoms with van der Waals surface area (Å²) in [7, 11) is 0. The fourth-order valence-corrected chi connectivity index (χ4v) is 5.39. The van der Waals surface area contributed by atoms with Gasteiger partial charge in [-0.15, -0.1) is 0 Å². The maximum Gasteiger partial charge on any atom is 0.410 e. The molecule has 0 radical (unpaired) electrons. The Kier molecular flexibility index (Phi) is 9.32. The third-order valence-electron chi connectivity index (χ3n) is 7.51. The summed E-state index contributed by atoms with van der Waals surface area (Å²) in [5.41, 5.74) is 4.59. The van der Waals surface area contributed by atoms with Crippen LogP contribution in [-0.4, -0.2) is 71.4 Å². The number of para-hydroxylation sites is 1. The predicted molar refractivity (Wildman–Crippen MR) is 148 cm³/mol. The number of ether oxygens (including phenoxy) is 2. The minimum Gasteiger partial charge on any atom is -0.493 e. The highest BCUT2D eigenvalue weighted by atomic mass is 16.6. The third-order valence-corrected chi connectivity index (χ3v) is 7.51. The SMILES string of the molecule is CCCCOc1c(C)cc(C[C@@H](OC(=O)N2CCC(N3CCc4ccccc4NC3=O)CC2)C(=O)O)cc1C. The number of carbonyl (C=O) groups excluding carboxylic acids is 2. The predicted octanol–water partition coefficient (Wildman–Crippen LogP) is 5.17. The lowest BCUT2D eigenvalue weighted by Crippen LogP contribution is -2.50. The molecule has 3 amide bonds. The standard InChI is InChI=1S/C30H39N3O6/c1-4-5-16-38-27-20(2)17-22(18-21(27)3)19-26(28(34)35)39-30(37)32-13-11-24(12-14-32)33-15-10-23-8-6-7-9-25(23)31-29(33)36/h6-9,17-18,24,26H,4-5,10-16,19H2,1-3H3,(H,31,36)(H,34,35)/t26-/m1/s1. The highest BCUT2D eigenvalue weighted by Crippen LogP contribution is 2.27. The number of carboxylic acids is 1. The number of nitrogens with zero attached hydrogens (tertiary/aromatic N) is 2. The summed E-state index contributed by atoms with van der Waals surface area (Å²) >= 11 is 0. The Morgan fingerprint density at radius 3 is 2.46 bits per heavy atom. The van der Waals surface area contributed by atoms with Crippen molar-refractivity contribution in [3.63, 3.8) is 0 Å². The van der Waals surface area contributed by atoms with Gasteiger partial charge in [0.2, 0.25) is 6.10 Å². The number of amides is 3. The number of aryl methyl sites for hydroxylation is 2. The molecule has 0 bridgehead atoms. The van der Waals surface area contributed by atoms with E-state index in [-0.39, 0.29) is 18.5 Å². The van der Waals surface area contributed by atoms with E-state index in [9.17, 15) is 19.5 Å². The van der Waals surface area contributed by atoms with Crippen molar-refractivity contribution in [2.75, 3.05) is 31.6 Å². The number of anilines is 1. The minimum absolute atomic E-state index is 0.00245. The van der Waals surface area contributed by atoms with Gasteiger partial charge in [0.25, 0.3) is 0 Å². The molecule has 2 aromatic rings. The molecular weight excluding hydrogens is 498 g/mol. The molecule has 1 atom stereocenters. The van der Waals surface area contributed by atoms with E-state index in [0.717, 1.165) is 53.0 Å². The monoisotopic (exact) mass is 537 g/mol. The first-order valence-electron chi connectivity index (χ1n) is 13.8. The number of unbranched alkanes of at least 4 members (excludes halogenated alkanes) is 1. The number of benzene rings is 2. The molecular formula is C30H39N3O6. The van der Waals surface area contributed by atoms with E-state index in [1.165, 1.54) is 4.90 Å². The second-order valence-electron chi connectivity index (χ2n) is 10.4. The number of likely N-dealkylation sites (tertiary alicyclic amines) is 1. The molecule has 210 valence electrons. The molecule has 0 aromatic heterocycles. The Labute approximate surface area is 230 Å². The lowest BCUT2D eigenvalue weighted by Gasteiger charge is -2.37. The highest BCUT2D eigenvalue weighted by molar-refractivity contribution is 5.91. The number of nitrogens with one attached hydrogen (secondary N) is 1. The lowest BCUT2D eigenvalue weighted by molar-refractivity contribution is -0.147. The van der Waals surface area contributed by atoms with Crippen molar-refractivity contribution >= 4 is 23.8 Å². The van der Waals surface area contributed by atoms with Crippen LogP contribution < -0.4 is 10.1 Å².